The maximum absolute atomic E-state index is 14.5. The number of piperidine rings is 1. The van der Waals surface area contributed by atoms with Gasteiger partial charge in [0.25, 0.3) is 0 Å². The molecule has 0 radical (unpaired) electrons. The summed E-state index contributed by atoms with van der Waals surface area (Å²) in [5.74, 6) is -1.07. The van der Waals surface area contributed by atoms with Crippen molar-refractivity contribution in [2.75, 3.05) is 47.4 Å². The predicted molar refractivity (Wildman–Crippen MR) is 102 cm³/mol. The van der Waals surface area contributed by atoms with Crippen LogP contribution in [0.1, 0.15) is 30.9 Å². The van der Waals surface area contributed by atoms with Crippen LogP contribution in [0.25, 0.3) is 0 Å². The van der Waals surface area contributed by atoms with Gasteiger partial charge in [0.05, 0.1) is 18.6 Å². The number of benzene rings is 1. The van der Waals surface area contributed by atoms with E-state index in [1.165, 1.54) is 6.07 Å². The minimum Gasteiger partial charge on any atom is -0.383 e. The first-order valence-corrected chi connectivity index (χ1v) is 9.41. The molecule has 2 amide bonds. The van der Waals surface area contributed by atoms with Gasteiger partial charge in [0, 0.05) is 32.2 Å². The van der Waals surface area contributed by atoms with E-state index in [0.717, 1.165) is 13.0 Å². The summed E-state index contributed by atoms with van der Waals surface area (Å²) in [5, 5.41) is 2.96. The van der Waals surface area contributed by atoms with Crippen LogP contribution in [-0.2, 0) is 14.3 Å². The largest absolute Gasteiger partial charge is 0.383 e. The molecule has 1 aromatic carbocycles. The van der Waals surface area contributed by atoms with Gasteiger partial charge < -0.3 is 19.9 Å². The molecular weight excluding hydrogens is 349 g/mol. The van der Waals surface area contributed by atoms with Crippen molar-refractivity contribution in [2.24, 2.45) is 5.92 Å². The molecule has 0 spiro atoms. The first kappa shape index (κ1) is 21.3. The van der Waals surface area contributed by atoms with Crippen molar-refractivity contribution >= 4 is 11.8 Å². The Labute approximate surface area is 160 Å². The Morgan fingerprint density at radius 2 is 2.11 bits per heavy atom. The van der Waals surface area contributed by atoms with E-state index in [-0.39, 0.29) is 18.2 Å². The molecule has 150 valence electrons. The fourth-order valence-electron chi connectivity index (χ4n) is 3.52. The third-order valence-electron chi connectivity index (χ3n) is 4.88. The quantitative estimate of drug-likeness (QED) is 0.665. The van der Waals surface area contributed by atoms with Crippen LogP contribution in [0.5, 0.6) is 0 Å². The second-order valence-corrected chi connectivity index (χ2v) is 7.14. The molecule has 6 nitrogen and oxygen atoms in total. The highest BCUT2D eigenvalue weighted by molar-refractivity contribution is 5.85. The Balaban J connectivity index is 2.21. The van der Waals surface area contributed by atoms with Crippen molar-refractivity contribution < 1.29 is 18.7 Å². The minimum absolute atomic E-state index is 0.0723. The van der Waals surface area contributed by atoms with E-state index in [2.05, 4.69) is 10.2 Å². The molecule has 1 saturated heterocycles. The van der Waals surface area contributed by atoms with Gasteiger partial charge in [0.15, 0.2) is 0 Å². The van der Waals surface area contributed by atoms with Crippen LogP contribution in [0.3, 0.4) is 0 Å². The average Bonchev–Trinajstić information content (AvgIpc) is 2.64. The van der Waals surface area contributed by atoms with Crippen molar-refractivity contribution in [1.29, 1.82) is 0 Å². The van der Waals surface area contributed by atoms with Gasteiger partial charge >= 0.3 is 0 Å². The van der Waals surface area contributed by atoms with Crippen molar-refractivity contribution in [3.8, 4) is 0 Å². The summed E-state index contributed by atoms with van der Waals surface area (Å²) in [6, 6.07) is 5.76. The van der Waals surface area contributed by atoms with Gasteiger partial charge in [0.2, 0.25) is 11.8 Å². The maximum Gasteiger partial charge on any atom is 0.225 e. The summed E-state index contributed by atoms with van der Waals surface area (Å²) in [4.78, 5) is 29.0. The molecule has 0 bridgehead atoms. The van der Waals surface area contributed by atoms with Gasteiger partial charge in [-0.2, -0.15) is 0 Å². The van der Waals surface area contributed by atoms with Crippen LogP contribution in [0, 0.1) is 11.7 Å². The molecular formula is C20H30FN3O3. The minimum atomic E-state index is -0.614. The second-order valence-electron chi connectivity index (χ2n) is 7.14. The Morgan fingerprint density at radius 1 is 1.37 bits per heavy atom. The van der Waals surface area contributed by atoms with E-state index in [1.54, 1.807) is 30.2 Å². The van der Waals surface area contributed by atoms with Crippen LogP contribution >= 0.6 is 0 Å². The smallest absolute Gasteiger partial charge is 0.225 e. The lowest BCUT2D eigenvalue weighted by Crippen LogP contribution is -2.49. The molecule has 0 aromatic heterocycles. The van der Waals surface area contributed by atoms with Crippen molar-refractivity contribution in [2.45, 2.75) is 25.3 Å². The van der Waals surface area contributed by atoms with Gasteiger partial charge in [-0.25, -0.2) is 4.39 Å². The third kappa shape index (κ3) is 5.74. The topological polar surface area (TPSA) is 61.9 Å². The highest BCUT2D eigenvalue weighted by Gasteiger charge is 2.41. The summed E-state index contributed by atoms with van der Waals surface area (Å²) >= 11 is 0. The highest BCUT2D eigenvalue weighted by Crippen LogP contribution is 2.37. The van der Waals surface area contributed by atoms with Crippen molar-refractivity contribution in [3.05, 3.63) is 35.6 Å². The highest BCUT2D eigenvalue weighted by atomic mass is 19.1. The number of carbonyl (C=O) groups is 2. The van der Waals surface area contributed by atoms with Gasteiger partial charge in [-0.15, -0.1) is 0 Å². The van der Waals surface area contributed by atoms with E-state index >= 15 is 0 Å². The number of amides is 2. The fraction of sp³-hybridized carbons (Fsp3) is 0.600. The van der Waals surface area contributed by atoms with E-state index in [1.807, 2.05) is 14.1 Å². The number of nitrogens with one attached hydrogen (secondary N) is 1. The summed E-state index contributed by atoms with van der Waals surface area (Å²) in [5.41, 5.74) is 0.384. The Kier molecular flexibility index (Phi) is 8.19. The maximum atomic E-state index is 14.5. The van der Waals surface area contributed by atoms with Crippen LogP contribution < -0.4 is 5.32 Å². The van der Waals surface area contributed by atoms with E-state index in [9.17, 15) is 14.0 Å². The van der Waals surface area contributed by atoms with Crippen LogP contribution in [-0.4, -0.2) is 69.1 Å². The van der Waals surface area contributed by atoms with Crippen molar-refractivity contribution in [1.82, 2.24) is 15.1 Å². The summed E-state index contributed by atoms with van der Waals surface area (Å²) in [7, 11) is 5.52. The molecule has 27 heavy (non-hydrogen) atoms. The van der Waals surface area contributed by atoms with Crippen LogP contribution in [0.4, 0.5) is 4.39 Å². The van der Waals surface area contributed by atoms with E-state index in [4.69, 9.17) is 4.74 Å². The molecule has 0 aliphatic carbocycles. The lowest BCUT2D eigenvalue weighted by atomic mass is 9.83. The monoisotopic (exact) mass is 379 g/mol. The predicted octanol–water partition coefficient (Wildman–Crippen LogP) is 1.82. The second kappa shape index (κ2) is 10.4. The summed E-state index contributed by atoms with van der Waals surface area (Å²) in [6.45, 7) is 2.11. The fourth-order valence-corrected chi connectivity index (χ4v) is 3.52. The number of hydrogen-bond donors (Lipinski definition) is 1. The van der Waals surface area contributed by atoms with E-state index in [0.29, 0.717) is 31.7 Å². The molecule has 1 aliphatic rings. The van der Waals surface area contributed by atoms with Crippen molar-refractivity contribution in [3.63, 3.8) is 0 Å². The number of ether oxygens (including phenoxy) is 1. The number of halogens is 1. The number of likely N-dealkylation sites (tertiary alicyclic amines) is 1. The number of nitrogens with zero attached hydrogens (tertiary/aromatic N) is 2. The summed E-state index contributed by atoms with van der Waals surface area (Å²) < 4.78 is 19.6. The van der Waals surface area contributed by atoms with Gasteiger partial charge in [-0.1, -0.05) is 18.2 Å². The Morgan fingerprint density at radius 3 is 2.78 bits per heavy atom. The number of methoxy groups -OCH3 is 1. The molecule has 1 heterocycles. The zero-order chi connectivity index (χ0) is 19.8. The Hall–Kier alpha value is -1.99. The van der Waals surface area contributed by atoms with Gasteiger partial charge in [-0.05, 0) is 39.5 Å². The molecule has 2 rings (SSSR count). The molecule has 0 unspecified atom stereocenters. The molecule has 1 N–H and O–H groups in total. The first-order chi connectivity index (χ1) is 13.0. The first-order valence-electron chi connectivity index (χ1n) is 9.41. The van der Waals surface area contributed by atoms with E-state index < -0.39 is 17.8 Å². The molecule has 1 aromatic rings. The number of hydrogen-bond acceptors (Lipinski definition) is 4. The molecule has 2 atom stereocenters. The lowest BCUT2D eigenvalue weighted by molar-refractivity contribution is -0.144. The molecule has 0 saturated carbocycles. The lowest BCUT2D eigenvalue weighted by Gasteiger charge is -2.40. The van der Waals surface area contributed by atoms with Crippen LogP contribution in [0.15, 0.2) is 24.3 Å². The van der Waals surface area contributed by atoms with Gasteiger partial charge in [-0.3, -0.25) is 9.59 Å². The standard InChI is InChI=1S/C20H30FN3O3/c1-23(2)12-6-11-22-20(26)16-9-10-18(25)24(13-14-27-3)19(16)15-7-4-5-8-17(15)21/h4-5,7-8,16,19H,6,9-14H2,1-3H3,(H,22,26)/t16-,19+/m1/s1. The molecule has 1 fully saturated rings. The molecule has 7 heteroatoms. The third-order valence-corrected chi connectivity index (χ3v) is 4.88. The normalized spacial score (nSPS) is 20.2. The van der Waals surface area contributed by atoms with Crippen LogP contribution in [0.2, 0.25) is 0 Å². The number of carbonyl (C=O) groups excluding carboxylic acids is 2. The molecule has 1 aliphatic heterocycles. The number of rotatable bonds is 9. The zero-order valence-electron chi connectivity index (χ0n) is 16.4. The SMILES string of the molecule is COCCN1C(=O)CC[C@@H](C(=O)NCCCN(C)C)[C@@H]1c1ccccc1F. The zero-order valence-corrected chi connectivity index (χ0v) is 16.4. The summed E-state index contributed by atoms with van der Waals surface area (Å²) in [6.07, 6.45) is 1.54. The average molecular weight is 379 g/mol. The van der Waals surface area contributed by atoms with Gasteiger partial charge in [0.1, 0.15) is 5.82 Å². The Bertz CT molecular complexity index is 639.